The Hall–Kier alpha value is -4.52. The lowest BCUT2D eigenvalue weighted by molar-refractivity contribution is -0.121. The monoisotopic (exact) mass is 581 g/mol. The van der Waals surface area contributed by atoms with Gasteiger partial charge in [0.05, 0.1) is 66.4 Å². The number of methoxy groups -OCH3 is 2. The number of nitrogens with zero attached hydrogens (tertiary/aromatic N) is 3. The number of aromatic hydroxyl groups is 1. The fraction of sp³-hybridized carbons (Fsp3) is 0.333. The van der Waals surface area contributed by atoms with Gasteiger partial charge in [0.25, 0.3) is 0 Å². The number of phenolic OH excluding ortho intramolecular Hbond substituents is 1. The molecule has 0 aliphatic heterocycles. The highest BCUT2D eigenvalue weighted by Gasteiger charge is 2.09. The van der Waals surface area contributed by atoms with Gasteiger partial charge in [0.2, 0.25) is 0 Å². The molecule has 0 aliphatic rings. The van der Waals surface area contributed by atoms with Crippen molar-refractivity contribution in [1.82, 2.24) is 15.0 Å². The third-order valence-electron chi connectivity index (χ3n) is 5.70. The Morgan fingerprint density at radius 1 is 0.857 bits per heavy atom. The van der Waals surface area contributed by atoms with Gasteiger partial charge < -0.3 is 33.9 Å². The fourth-order valence-corrected chi connectivity index (χ4v) is 3.58. The van der Waals surface area contributed by atoms with E-state index in [4.69, 9.17) is 28.8 Å². The molecule has 0 fully saturated rings. The van der Waals surface area contributed by atoms with E-state index in [1.165, 1.54) is 32.4 Å². The number of aliphatic hydroxyl groups excluding tert-OH is 1. The van der Waals surface area contributed by atoms with Crippen LogP contribution in [0.25, 0.3) is 12.2 Å². The minimum atomic E-state index is -0.355. The Kier molecular flexibility index (Phi) is 13.2. The van der Waals surface area contributed by atoms with Crippen LogP contribution in [0.4, 0.5) is 0 Å². The maximum atomic E-state index is 12.3. The molecule has 1 heterocycles. The van der Waals surface area contributed by atoms with Gasteiger partial charge in [0.15, 0.2) is 34.6 Å². The summed E-state index contributed by atoms with van der Waals surface area (Å²) in [7, 11) is 2.95. The molecule has 12 heteroatoms. The number of carbonyl (C=O) groups is 2. The topological polar surface area (TPSA) is 151 Å². The smallest absolute Gasteiger partial charge is 0.163 e. The average Bonchev–Trinajstić information content (AvgIpc) is 3.45. The van der Waals surface area contributed by atoms with Crippen molar-refractivity contribution >= 4 is 23.7 Å². The van der Waals surface area contributed by atoms with Crippen molar-refractivity contribution in [3.05, 3.63) is 71.6 Å². The average molecular weight is 582 g/mol. The molecule has 0 aliphatic carbocycles. The number of carbonyl (C=O) groups excluding carboxylic acids is 2. The van der Waals surface area contributed by atoms with Crippen LogP contribution in [0.2, 0.25) is 0 Å². The third kappa shape index (κ3) is 10.8. The van der Waals surface area contributed by atoms with Crippen LogP contribution in [-0.4, -0.2) is 84.0 Å². The van der Waals surface area contributed by atoms with E-state index >= 15 is 0 Å². The first-order valence-corrected chi connectivity index (χ1v) is 13.2. The zero-order valence-corrected chi connectivity index (χ0v) is 23.6. The second-order valence-corrected chi connectivity index (χ2v) is 8.83. The van der Waals surface area contributed by atoms with Gasteiger partial charge in [-0.25, -0.2) is 4.68 Å². The summed E-state index contributed by atoms with van der Waals surface area (Å²) in [5.74, 6) is 0.546. The zero-order valence-electron chi connectivity index (χ0n) is 23.6. The molecule has 0 atom stereocenters. The number of ether oxygens (including phenoxy) is 5. The first kappa shape index (κ1) is 32.0. The van der Waals surface area contributed by atoms with Gasteiger partial charge in [-0.2, -0.15) is 0 Å². The van der Waals surface area contributed by atoms with Crippen LogP contribution < -0.4 is 14.2 Å². The highest BCUT2D eigenvalue weighted by molar-refractivity contribution is 6.10. The Morgan fingerprint density at radius 2 is 1.50 bits per heavy atom. The third-order valence-corrected chi connectivity index (χ3v) is 5.70. The molecule has 0 saturated heterocycles. The van der Waals surface area contributed by atoms with Gasteiger partial charge in [-0.3, -0.25) is 9.59 Å². The Labute approximate surface area is 243 Å². The number of benzene rings is 2. The molecule has 12 nitrogen and oxygen atoms in total. The summed E-state index contributed by atoms with van der Waals surface area (Å²) in [5, 5.41) is 26.5. The van der Waals surface area contributed by atoms with Gasteiger partial charge in [-0.1, -0.05) is 29.5 Å². The van der Waals surface area contributed by atoms with Crippen LogP contribution >= 0.6 is 0 Å². The summed E-state index contributed by atoms with van der Waals surface area (Å²) in [6, 6.07) is 9.89. The number of aromatic nitrogens is 3. The number of aliphatic hydroxyl groups is 1. The first-order valence-electron chi connectivity index (χ1n) is 13.2. The molecule has 0 unspecified atom stereocenters. The molecule has 224 valence electrons. The number of hydrogen-bond acceptors (Lipinski definition) is 11. The summed E-state index contributed by atoms with van der Waals surface area (Å²) in [6.45, 7) is 2.26. The van der Waals surface area contributed by atoms with Gasteiger partial charge in [0.1, 0.15) is 12.3 Å². The number of allylic oxidation sites excluding steroid dienone is 2. The van der Waals surface area contributed by atoms with Crippen LogP contribution in [0.3, 0.4) is 0 Å². The molecule has 0 amide bonds. The molecule has 0 spiro atoms. The number of hydrogen-bond donors (Lipinski definition) is 2. The molecule has 2 aromatic carbocycles. The summed E-state index contributed by atoms with van der Waals surface area (Å²) in [4.78, 5) is 24.5. The van der Waals surface area contributed by atoms with E-state index in [0.29, 0.717) is 67.0 Å². The van der Waals surface area contributed by atoms with Gasteiger partial charge >= 0.3 is 0 Å². The number of phenols is 1. The lowest BCUT2D eigenvalue weighted by atomic mass is 10.1. The quantitative estimate of drug-likeness (QED) is 0.122. The largest absolute Gasteiger partial charge is 0.504 e. The molecule has 0 saturated carbocycles. The SMILES string of the molecule is COc1cc(/C=C/C(=O)CC(=O)/C=C/c2ccc(OCc3cn(CCOCCOCCO)nn3)c(OC)c2)ccc1O. The standard InChI is InChI=1S/C30H35N3O9/c1-38-29-17-22(5-9-27(29)37)3-7-25(35)19-26(36)8-4-23-6-10-28(30(18-23)39-2)42-21-24-20-33(32-31-24)11-13-40-15-16-41-14-12-34/h3-10,17-18,20,34,37H,11-16,19,21H2,1-2H3/b7-3+,8-4+. The van der Waals surface area contributed by atoms with E-state index in [9.17, 15) is 14.7 Å². The molecule has 3 rings (SSSR count). The molecule has 0 radical (unpaired) electrons. The van der Waals surface area contributed by atoms with Crippen LogP contribution in [-0.2, 0) is 32.2 Å². The first-order chi connectivity index (χ1) is 20.4. The van der Waals surface area contributed by atoms with Gasteiger partial charge in [-0.05, 0) is 47.5 Å². The maximum absolute atomic E-state index is 12.3. The van der Waals surface area contributed by atoms with Crippen LogP contribution in [0.15, 0.2) is 54.7 Å². The molecule has 42 heavy (non-hydrogen) atoms. The molecule has 1 aromatic heterocycles. The van der Waals surface area contributed by atoms with Crippen LogP contribution in [0.5, 0.6) is 23.0 Å². The zero-order chi connectivity index (χ0) is 30.2. The lowest BCUT2D eigenvalue weighted by Crippen LogP contribution is -2.11. The van der Waals surface area contributed by atoms with E-state index < -0.39 is 0 Å². The summed E-state index contributed by atoms with van der Waals surface area (Å²) in [6.07, 6.45) is 7.29. The summed E-state index contributed by atoms with van der Waals surface area (Å²) >= 11 is 0. The van der Waals surface area contributed by atoms with Crippen molar-refractivity contribution in [2.75, 3.05) is 47.3 Å². The van der Waals surface area contributed by atoms with Crippen molar-refractivity contribution in [3.8, 4) is 23.0 Å². The Bertz CT molecular complexity index is 1370. The molecular weight excluding hydrogens is 546 g/mol. The van der Waals surface area contributed by atoms with Gasteiger partial charge in [-0.15, -0.1) is 5.10 Å². The Morgan fingerprint density at radius 3 is 2.17 bits per heavy atom. The normalized spacial score (nSPS) is 11.3. The predicted octanol–water partition coefficient (Wildman–Crippen LogP) is 2.86. The van der Waals surface area contributed by atoms with E-state index in [0.717, 1.165) is 0 Å². The second kappa shape index (κ2) is 17.3. The predicted molar refractivity (Wildman–Crippen MR) is 153 cm³/mol. The highest BCUT2D eigenvalue weighted by atomic mass is 16.5. The minimum absolute atomic E-state index is 0.00143. The van der Waals surface area contributed by atoms with Crippen molar-refractivity contribution in [1.29, 1.82) is 0 Å². The molecule has 0 bridgehead atoms. The number of ketones is 2. The summed E-state index contributed by atoms with van der Waals surface area (Å²) in [5.41, 5.74) is 1.98. The summed E-state index contributed by atoms with van der Waals surface area (Å²) < 4.78 is 28.6. The van der Waals surface area contributed by atoms with Crippen molar-refractivity contribution in [3.63, 3.8) is 0 Å². The second-order valence-electron chi connectivity index (χ2n) is 8.83. The van der Waals surface area contributed by atoms with Gasteiger partial charge in [0, 0.05) is 0 Å². The number of rotatable bonds is 19. The van der Waals surface area contributed by atoms with Crippen molar-refractivity contribution in [2.45, 2.75) is 19.6 Å². The molecule has 3 aromatic rings. The van der Waals surface area contributed by atoms with E-state index in [2.05, 4.69) is 10.3 Å². The van der Waals surface area contributed by atoms with E-state index in [1.807, 2.05) is 0 Å². The highest BCUT2D eigenvalue weighted by Crippen LogP contribution is 2.29. The molecule has 2 N–H and O–H groups in total. The van der Waals surface area contributed by atoms with Crippen LogP contribution in [0.1, 0.15) is 23.2 Å². The maximum Gasteiger partial charge on any atom is 0.163 e. The van der Waals surface area contributed by atoms with E-state index in [1.54, 1.807) is 53.4 Å². The lowest BCUT2D eigenvalue weighted by Gasteiger charge is -2.10. The van der Waals surface area contributed by atoms with Crippen molar-refractivity contribution < 1.29 is 43.5 Å². The van der Waals surface area contributed by atoms with E-state index in [-0.39, 0.29) is 37.0 Å². The van der Waals surface area contributed by atoms with Crippen molar-refractivity contribution in [2.24, 2.45) is 0 Å². The Balaban J connectivity index is 1.45. The molecular formula is C30H35N3O9. The fourth-order valence-electron chi connectivity index (χ4n) is 3.58. The van der Waals surface area contributed by atoms with Crippen LogP contribution in [0, 0.1) is 0 Å². The minimum Gasteiger partial charge on any atom is -0.504 e.